The van der Waals surface area contributed by atoms with Gasteiger partial charge in [0.2, 0.25) is 5.91 Å². The van der Waals surface area contributed by atoms with E-state index < -0.39 is 0 Å². The van der Waals surface area contributed by atoms with Gasteiger partial charge in [-0.3, -0.25) is 4.79 Å². The van der Waals surface area contributed by atoms with Crippen LogP contribution in [-0.2, 0) is 4.79 Å². The average Bonchev–Trinajstić information content (AvgIpc) is 2.65. The van der Waals surface area contributed by atoms with E-state index in [2.05, 4.69) is 36.6 Å². The van der Waals surface area contributed by atoms with E-state index in [1.165, 1.54) is 5.56 Å². The fourth-order valence-electron chi connectivity index (χ4n) is 2.62. The molecule has 2 aromatic carbocycles. The number of rotatable bonds is 10. The minimum Gasteiger partial charge on any atom is -0.491 e. The summed E-state index contributed by atoms with van der Waals surface area (Å²) in [7, 11) is 0. The summed E-state index contributed by atoms with van der Waals surface area (Å²) in [5.41, 5.74) is 1.92. The number of ether oxygens (including phenoxy) is 1. The highest BCUT2D eigenvalue weighted by Gasteiger charge is 2.12. The third kappa shape index (κ3) is 6.24. The maximum absolute atomic E-state index is 12.3. The highest BCUT2D eigenvalue weighted by molar-refractivity contribution is 5.93. The Labute approximate surface area is 150 Å². The number of carbonyl (C=O) groups is 1. The van der Waals surface area contributed by atoms with E-state index >= 15 is 0 Å². The molecule has 4 nitrogen and oxygen atoms in total. The maximum atomic E-state index is 12.3. The number of amides is 1. The molecule has 0 radical (unpaired) electrons. The molecule has 0 aliphatic heterocycles. The fourth-order valence-corrected chi connectivity index (χ4v) is 2.62. The van der Waals surface area contributed by atoms with Crippen LogP contribution >= 0.6 is 0 Å². The molecule has 134 valence electrons. The van der Waals surface area contributed by atoms with E-state index in [0.29, 0.717) is 6.61 Å². The van der Waals surface area contributed by atoms with Gasteiger partial charge in [-0.25, -0.2) is 0 Å². The minimum absolute atomic E-state index is 0.0686. The molecule has 0 aliphatic carbocycles. The van der Waals surface area contributed by atoms with Crippen molar-refractivity contribution in [1.82, 2.24) is 5.32 Å². The lowest BCUT2D eigenvalue weighted by Crippen LogP contribution is -2.31. The van der Waals surface area contributed by atoms with Crippen molar-refractivity contribution in [3.8, 4) is 5.75 Å². The number of unbranched alkanes of at least 4 members (excludes halogenated alkanes) is 1. The summed E-state index contributed by atoms with van der Waals surface area (Å²) in [6.45, 7) is 5.16. The van der Waals surface area contributed by atoms with Crippen LogP contribution in [0.25, 0.3) is 0 Å². The van der Waals surface area contributed by atoms with Crippen LogP contribution in [0.1, 0.15) is 44.7 Å². The molecule has 2 aromatic rings. The Hall–Kier alpha value is -2.33. The topological polar surface area (TPSA) is 50.4 Å². The number of anilines is 1. The van der Waals surface area contributed by atoms with E-state index in [0.717, 1.165) is 30.7 Å². The molecular formula is C21H28N2O2. The number of nitrogens with one attached hydrogen (secondary N) is 2. The van der Waals surface area contributed by atoms with Crippen molar-refractivity contribution in [1.29, 1.82) is 0 Å². The predicted molar refractivity (Wildman–Crippen MR) is 103 cm³/mol. The standard InChI is InChI=1S/C21H28N2O2/c1-3-5-15-25-20-14-10-9-13-19(20)23-21(24)16-22-18(4-2)17-11-7-6-8-12-17/h6-14,18,22H,3-5,15-16H2,1-2H3,(H,23,24). The van der Waals surface area contributed by atoms with Gasteiger partial charge in [0, 0.05) is 6.04 Å². The Morgan fingerprint density at radius 3 is 2.48 bits per heavy atom. The quantitative estimate of drug-likeness (QED) is 0.624. The molecule has 0 aliphatic rings. The lowest BCUT2D eigenvalue weighted by molar-refractivity contribution is -0.115. The molecule has 0 spiro atoms. The second-order valence-corrected chi connectivity index (χ2v) is 6.00. The smallest absolute Gasteiger partial charge is 0.238 e. The van der Waals surface area contributed by atoms with Crippen LogP contribution < -0.4 is 15.4 Å². The third-order valence-electron chi connectivity index (χ3n) is 4.04. The van der Waals surface area contributed by atoms with Gasteiger partial charge in [-0.15, -0.1) is 0 Å². The van der Waals surface area contributed by atoms with Crippen molar-refractivity contribution in [3.05, 3.63) is 60.2 Å². The average molecular weight is 340 g/mol. The molecule has 0 saturated carbocycles. The van der Waals surface area contributed by atoms with Crippen LogP contribution in [0.5, 0.6) is 5.75 Å². The molecule has 0 heterocycles. The normalized spacial score (nSPS) is 11.8. The highest BCUT2D eigenvalue weighted by atomic mass is 16.5. The first-order chi connectivity index (χ1) is 12.2. The third-order valence-corrected chi connectivity index (χ3v) is 4.04. The van der Waals surface area contributed by atoms with Crippen molar-refractivity contribution in [2.75, 3.05) is 18.5 Å². The lowest BCUT2D eigenvalue weighted by Gasteiger charge is -2.18. The van der Waals surface area contributed by atoms with Crippen LogP contribution in [-0.4, -0.2) is 19.1 Å². The van der Waals surface area contributed by atoms with E-state index in [1.807, 2.05) is 42.5 Å². The van der Waals surface area contributed by atoms with Crippen molar-refractivity contribution < 1.29 is 9.53 Å². The van der Waals surface area contributed by atoms with Crippen molar-refractivity contribution in [2.45, 2.75) is 39.2 Å². The van der Waals surface area contributed by atoms with E-state index in [-0.39, 0.29) is 18.5 Å². The van der Waals surface area contributed by atoms with Crippen molar-refractivity contribution in [2.24, 2.45) is 0 Å². The number of hydrogen-bond acceptors (Lipinski definition) is 3. The Bertz CT molecular complexity index is 643. The molecule has 0 saturated heterocycles. The summed E-state index contributed by atoms with van der Waals surface area (Å²) in [5, 5.41) is 6.27. The predicted octanol–water partition coefficient (Wildman–Crippen LogP) is 4.54. The number of hydrogen-bond donors (Lipinski definition) is 2. The SMILES string of the molecule is CCCCOc1ccccc1NC(=O)CNC(CC)c1ccccc1. The summed E-state index contributed by atoms with van der Waals surface area (Å²) in [6.07, 6.45) is 3.00. The summed E-state index contributed by atoms with van der Waals surface area (Å²) in [6, 6.07) is 17.9. The Kier molecular flexibility index (Phi) is 7.99. The highest BCUT2D eigenvalue weighted by Crippen LogP contribution is 2.24. The van der Waals surface area contributed by atoms with E-state index in [1.54, 1.807) is 0 Å². The van der Waals surface area contributed by atoms with Crippen molar-refractivity contribution >= 4 is 11.6 Å². The number of carbonyl (C=O) groups excluding carboxylic acids is 1. The van der Waals surface area contributed by atoms with Gasteiger partial charge < -0.3 is 15.4 Å². The van der Waals surface area contributed by atoms with Gasteiger partial charge in [0.25, 0.3) is 0 Å². The Morgan fingerprint density at radius 1 is 1.04 bits per heavy atom. The molecule has 0 bridgehead atoms. The van der Waals surface area contributed by atoms with Gasteiger partial charge in [-0.1, -0.05) is 62.7 Å². The van der Waals surface area contributed by atoms with Crippen molar-refractivity contribution in [3.63, 3.8) is 0 Å². The van der Waals surface area contributed by atoms with Gasteiger partial charge in [0.15, 0.2) is 0 Å². The molecule has 25 heavy (non-hydrogen) atoms. The zero-order valence-corrected chi connectivity index (χ0v) is 15.1. The second kappa shape index (κ2) is 10.5. The van der Waals surface area contributed by atoms with E-state index in [4.69, 9.17) is 4.74 Å². The van der Waals surface area contributed by atoms with Gasteiger partial charge >= 0.3 is 0 Å². The molecule has 4 heteroatoms. The first-order valence-electron chi connectivity index (χ1n) is 9.04. The molecule has 0 fully saturated rings. The Morgan fingerprint density at radius 2 is 1.76 bits per heavy atom. The monoisotopic (exact) mass is 340 g/mol. The van der Waals surface area contributed by atoms with Crippen LogP contribution in [0.4, 0.5) is 5.69 Å². The minimum atomic E-state index is -0.0686. The largest absolute Gasteiger partial charge is 0.491 e. The summed E-state index contributed by atoms with van der Waals surface area (Å²) in [5.74, 6) is 0.653. The van der Waals surface area contributed by atoms with E-state index in [9.17, 15) is 4.79 Å². The molecular weight excluding hydrogens is 312 g/mol. The number of benzene rings is 2. The van der Waals surface area contributed by atoms with Gasteiger partial charge in [0.1, 0.15) is 5.75 Å². The zero-order chi connectivity index (χ0) is 17.9. The first kappa shape index (κ1) is 19.0. The first-order valence-corrected chi connectivity index (χ1v) is 9.04. The fraction of sp³-hybridized carbons (Fsp3) is 0.381. The van der Waals surface area contributed by atoms with Crippen LogP contribution in [0.15, 0.2) is 54.6 Å². The molecule has 1 amide bonds. The molecule has 1 atom stereocenters. The second-order valence-electron chi connectivity index (χ2n) is 6.00. The summed E-state index contributed by atoms with van der Waals surface area (Å²) >= 11 is 0. The number of para-hydroxylation sites is 2. The van der Waals surface area contributed by atoms with Gasteiger partial charge in [-0.2, -0.15) is 0 Å². The zero-order valence-electron chi connectivity index (χ0n) is 15.1. The molecule has 2 N–H and O–H groups in total. The Balaban J connectivity index is 1.89. The van der Waals surface area contributed by atoms with Crippen LogP contribution in [0.2, 0.25) is 0 Å². The maximum Gasteiger partial charge on any atom is 0.238 e. The van der Waals surface area contributed by atoms with Crippen LogP contribution in [0, 0.1) is 0 Å². The molecule has 1 unspecified atom stereocenters. The summed E-state index contributed by atoms with van der Waals surface area (Å²) < 4.78 is 5.76. The summed E-state index contributed by atoms with van der Waals surface area (Å²) in [4.78, 5) is 12.3. The van der Waals surface area contributed by atoms with Gasteiger partial charge in [-0.05, 0) is 30.5 Å². The molecule has 2 rings (SSSR count). The molecule has 0 aromatic heterocycles. The van der Waals surface area contributed by atoms with Crippen LogP contribution in [0.3, 0.4) is 0 Å². The lowest BCUT2D eigenvalue weighted by atomic mass is 10.0. The van der Waals surface area contributed by atoms with Gasteiger partial charge in [0.05, 0.1) is 18.8 Å².